The van der Waals surface area contributed by atoms with E-state index in [0.29, 0.717) is 17.5 Å². The van der Waals surface area contributed by atoms with Crippen molar-refractivity contribution in [1.29, 1.82) is 0 Å². The van der Waals surface area contributed by atoms with Crippen molar-refractivity contribution in [1.82, 2.24) is 4.98 Å². The third kappa shape index (κ3) is 2.26. The van der Waals surface area contributed by atoms with E-state index < -0.39 is 0 Å². The first-order valence-electron chi connectivity index (χ1n) is 5.13. The van der Waals surface area contributed by atoms with Gasteiger partial charge in [-0.2, -0.15) is 0 Å². The summed E-state index contributed by atoms with van der Waals surface area (Å²) >= 11 is 5.82. The zero-order valence-electron chi connectivity index (χ0n) is 9.03. The van der Waals surface area contributed by atoms with E-state index >= 15 is 0 Å². The van der Waals surface area contributed by atoms with E-state index in [0.717, 1.165) is 23.4 Å². The average Bonchev–Trinajstić information content (AvgIpc) is 2.62. The molecule has 0 saturated heterocycles. The number of oxazole rings is 1. The summed E-state index contributed by atoms with van der Waals surface area (Å²) in [6.45, 7) is 2.48. The van der Waals surface area contributed by atoms with Gasteiger partial charge >= 0.3 is 0 Å². The Bertz CT molecular complexity index is 476. The number of nitrogens with two attached hydrogens (primary N) is 1. The van der Waals surface area contributed by atoms with Crippen molar-refractivity contribution in [3.8, 4) is 11.5 Å². The van der Waals surface area contributed by atoms with Crippen molar-refractivity contribution in [2.24, 2.45) is 5.73 Å². The molecular weight excluding hydrogens is 224 g/mol. The fourth-order valence-electron chi connectivity index (χ4n) is 1.51. The molecule has 1 heterocycles. The molecular formula is C12H13ClN2O. The van der Waals surface area contributed by atoms with Gasteiger partial charge in [0.15, 0.2) is 0 Å². The lowest BCUT2D eigenvalue weighted by atomic mass is 10.2. The molecule has 0 atom stereocenters. The van der Waals surface area contributed by atoms with Crippen molar-refractivity contribution in [2.75, 3.05) is 6.54 Å². The van der Waals surface area contributed by atoms with E-state index in [1.54, 1.807) is 0 Å². The van der Waals surface area contributed by atoms with Crippen molar-refractivity contribution in [2.45, 2.75) is 13.3 Å². The van der Waals surface area contributed by atoms with Crippen LogP contribution in [0.5, 0.6) is 0 Å². The molecule has 1 aromatic carbocycles. The highest BCUT2D eigenvalue weighted by Gasteiger charge is 2.10. The van der Waals surface area contributed by atoms with E-state index in [1.165, 1.54) is 0 Å². The molecule has 3 nitrogen and oxygen atoms in total. The lowest BCUT2D eigenvalue weighted by Crippen LogP contribution is -2.03. The number of benzene rings is 1. The molecule has 84 valence electrons. The topological polar surface area (TPSA) is 52.0 Å². The Hall–Kier alpha value is -1.32. The van der Waals surface area contributed by atoms with Gasteiger partial charge in [0.25, 0.3) is 0 Å². The van der Waals surface area contributed by atoms with Crippen LogP contribution in [0.25, 0.3) is 11.5 Å². The van der Waals surface area contributed by atoms with Crippen molar-refractivity contribution in [3.05, 3.63) is 40.7 Å². The summed E-state index contributed by atoms with van der Waals surface area (Å²) in [7, 11) is 0. The SMILES string of the molecule is Cc1oc(-c2ccc(Cl)cc2)nc1CCN. The molecule has 1 aromatic heterocycles. The maximum Gasteiger partial charge on any atom is 0.226 e. The Kier molecular flexibility index (Phi) is 3.27. The number of aryl methyl sites for hydroxylation is 1. The minimum atomic E-state index is 0.577. The van der Waals surface area contributed by atoms with Crippen LogP contribution in [0.1, 0.15) is 11.5 Å². The van der Waals surface area contributed by atoms with Gasteiger partial charge in [0, 0.05) is 17.0 Å². The molecule has 0 bridgehead atoms. The summed E-state index contributed by atoms with van der Waals surface area (Å²) in [5, 5.41) is 0.703. The summed E-state index contributed by atoms with van der Waals surface area (Å²) < 4.78 is 5.58. The van der Waals surface area contributed by atoms with Crippen molar-refractivity contribution in [3.63, 3.8) is 0 Å². The third-order valence-corrected chi connectivity index (χ3v) is 2.62. The number of hydrogen-bond acceptors (Lipinski definition) is 3. The standard InChI is InChI=1S/C12H13ClN2O/c1-8-11(6-7-14)15-12(16-8)9-2-4-10(13)5-3-9/h2-5H,6-7,14H2,1H3. The number of rotatable bonds is 3. The van der Waals surface area contributed by atoms with Gasteiger partial charge in [-0.3, -0.25) is 0 Å². The van der Waals surface area contributed by atoms with Crippen LogP contribution in [0.15, 0.2) is 28.7 Å². The number of aromatic nitrogens is 1. The van der Waals surface area contributed by atoms with E-state index in [-0.39, 0.29) is 0 Å². The summed E-state index contributed by atoms with van der Waals surface area (Å²) in [6, 6.07) is 7.41. The van der Waals surface area contributed by atoms with Crippen LogP contribution in [0.2, 0.25) is 5.02 Å². The highest BCUT2D eigenvalue weighted by Crippen LogP contribution is 2.23. The summed E-state index contributed by atoms with van der Waals surface area (Å²) in [4.78, 5) is 4.41. The number of nitrogens with zero attached hydrogens (tertiary/aromatic N) is 1. The minimum Gasteiger partial charge on any atom is -0.441 e. The Balaban J connectivity index is 2.33. The predicted octanol–water partition coefficient (Wildman–Crippen LogP) is 2.80. The molecule has 4 heteroatoms. The molecule has 2 aromatic rings. The Morgan fingerprint density at radius 2 is 2.00 bits per heavy atom. The number of hydrogen-bond donors (Lipinski definition) is 1. The molecule has 0 amide bonds. The molecule has 0 saturated carbocycles. The van der Waals surface area contributed by atoms with Crippen LogP contribution in [0.4, 0.5) is 0 Å². The van der Waals surface area contributed by atoms with Gasteiger partial charge in [-0.25, -0.2) is 4.98 Å². The first kappa shape index (κ1) is 11.2. The minimum absolute atomic E-state index is 0.577. The van der Waals surface area contributed by atoms with Crippen LogP contribution < -0.4 is 5.73 Å². The number of halogens is 1. The Morgan fingerprint density at radius 3 is 2.62 bits per heavy atom. The van der Waals surface area contributed by atoms with Crippen LogP contribution in [0.3, 0.4) is 0 Å². The van der Waals surface area contributed by atoms with E-state index in [4.69, 9.17) is 21.8 Å². The molecule has 0 unspecified atom stereocenters. The van der Waals surface area contributed by atoms with Gasteiger partial charge in [-0.1, -0.05) is 11.6 Å². The molecule has 2 rings (SSSR count). The van der Waals surface area contributed by atoms with Crippen LogP contribution in [-0.2, 0) is 6.42 Å². The smallest absolute Gasteiger partial charge is 0.226 e. The van der Waals surface area contributed by atoms with E-state index in [9.17, 15) is 0 Å². The second kappa shape index (κ2) is 4.68. The molecule has 0 radical (unpaired) electrons. The van der Waals surface area contributed by atoms with E-state index in [1.807, 2.05) is 31.2 Å². The van der Waals surface area contributed by atoms with Gasteiger partial charge in [-0.05, 0) is 37.7 Å². The fraction of sp³-hybridized carbons (Fsp3) is 0.250. The molecule has 0 aliphatic heterocycles. The molecule has 0 aliphatic carbocycles. The third-order valence-electron chi connectivity index (χ3n) is 2.36. The summed E-state index contributed by atoms with van der Waals surface area (Å²) in [5.74, 6) is 1.45. The summed E-state index contributed by atoms with van der Waals surface area (Å²) in [6.07, 6.45) is 0.739. The van der Waals surface area contributed by atoms with Gasteiger partial charge in [0.05, 0.1) is 5.69 Å². The van der Waals surface area contributed by atoms with E-state index in [2.05, 4.69) is 4.98 Å². The molecule has 0 aliphatic rings. The monoisotopic (exact) mass is 236 g/mol. The Morgan fingerprint density at radius 1 is 1.31 bits per heavy atom. The second-order valence-corrected chi connectivity index (χ2v) is 4.00. The van der Waals surface area contributed by atoms with Gasteiger partial charge < -0.3 is 10.2 Å². The van der Waals surface area contributed by atoms with Crippen LogP contribution >= 0.6 is 11.6 Å². The molecule has 0 spiro atoms. The molecule has 0 fully saturated rings. The zero-order chi connectivity index (χ0) is 11.5. The molecule has 16 heavy (non-hydrogen) atoms. The maximum atomic E-state index is 5.82. The average molecular weight is 237 g/mol. The highest BCUT2D eigenvalue weighted by atomic mass is 35.5. The van der Waals surface area contributed by atoms with Crippen molar-refractivity contribution >= 4 is 11.6 Å². The predicted molar refractivity (Wildman–Crippen MR) is 64.4 cm³/mol. The largest absolute Gasteiger partial charge is 0.441 e. The lowest BCUT2D eigenvalue weighted by Gasteiger charge is -1.94. The highest BCUT2D eigenvalue weighted by molar-refractivity contribution is 6.30. The first-order chi connectivity index (χ1) is 7.70. The maximum absolute atomic E-state index is 5.82. The normalized spacial score (nSPS) is 10.7. The summed E-state index contributed by atoms with van der Waals surface area (Å²) in [5.41, 5.74) is 7.35. The van der Waals surface area contributed by atoms with Crippen LogP contribution in [0, 0.1) is 6.92 Å². The Labute approximate surface area is 99.2 Å². The first-order valence-corrected chi connectivity index (χ1v) is 5.51. The zero-order valence-corrected chi connectivity index (χ0v) is 9.79. The van der Waals surface area contributed by atoms with Gasteiger partial charge in [0.2, 0.25) is 5.89 Å². The quantitative estimate of drug-likeness (QED) is 0.892. The van der Waals surface area contributed by atoms with Crippen molar-refractivity contribution < 1.29 is 4.42 Å². The van der Waals surface area contributed by atoms with Gasteiger partial charge in [-0.15, -0.1) is 0 Å². The fourth-order valence-corrected chi connectivity index (χ4v) is 1.64. The lowest BCUT2D eigenvalue weighted by molar-refractivity contribution is 0.539. The molecule has 2 N–H and O–H groups in total. The van der Waals surface area contributed by atoms with Gasteiger partial charge in [0.1, 0.15) is 5.76 Å². The second-order valence-electron chi connectivity index (χ2n) is 3.57. The van der Waals surface area contributed by atoms with Crippen LogP contribution in [-0.4, -0.2) is 11.5 Å².